The van der Waals surface area contributed by atoms with Crippen molar-refractivity contribution >= 4 is 12.3 Å². The molecule has 0 radical (unpaired) electrons. The van der Waals surface area contributed by atoms with Crippen LogP contribution in [0.5, 0.6) is 0 Å². The van der Waals surface area contributed by atoms with Crippen molar-refractivity contribution in [1.29, 1.82) is 0 Å². The van der Waals surface area contributed by atoms with Crippen LogP contribution in [0.3, 0.4) is 0 Å². The van der Waals surface area contributed by atoms with Crippen LogP contribution in [0.25, 0.3) is 0 Å². The van der Waals surface area contributed by atoms with Gasteiger partial charge in [-0.2, -0.15) is 0 Å². The smallest absolute Gasteiger partial charge is 0.436 e. The minimum Gasteiger partial charge on any atom is -0.436 e. The summed E-state index contributed by atoms with van der Waals surface area (Å²) in [6.07, 6.45) is -2.29. The molecule has 0 aromatic heterocycles. The summed E-state index contributed by atoms with van der Waals surface area (Å²) >= 11 is 0. The van der Waals surface area contributed by atoms with E-state index >= 15 is 0 Å². The quantitative estimate of drug-likeness (QED) is 0.333. The van der Waals surface area contributed by atoms with Crippen molar-refractivity contribution in [2.24, 2.45) is 0 Å². The lowest BCUT2D eigenvalue weighted by Crippen LogP contribution is -2.10. The second kappa shape index (κ2) is 5.30. The van der Waals surface area contributed by atoms with E-state index in [0.717, 1.165) is 14.2 Å². The second-order valence-electron chi connectivity index (χ2n) is 1.14. The molecule has 0 N–H and O–H groups in total. The van der Waals surface area contributed by atoms with E-state index in [1.807, 2.05) is 0 Å². The van der Waals surface area contributed by atoms with E-state index in [9.17, 15) is 9.59 Å². The molecule has 0 heterocycles. The van der Waals surface area contributed by atoms with Crippen molar-refractivity contribution in [1.82, 2.24) is 0 Å². The number of hydrogen-bond donors (Lipinski definition) is 0. The Labute approximate surface area is 61.6 Å². The van der Waals surface area contributed by atoms with E-state index in [2.05, 4.69) is 24.3 Å². The minimum absolute atomic E-state index is 1.06. The first-order valence-corrected chi connectivity index (χ1v) is 2.37. The van der Waals surface area contributed by atoms with Crippen LogP contribution in [-0.2, 0) is 24.3 Å². The molecule has 0 aromatic carbocycles. The zero-order valence-electron chi connectivity index (χ0n) is 5.86. The van der Waals surface area contributed by atoms with Crippen LogP contribution in [-0.4, -0.2) is 26.5 Å². The topological polar surface area (TPSA) is 80.3 Å². The molecular weight excluding hydrogens is 160 g/mol. The first-order valence-electron chi connectivity index (χ1n) is 2.37. The molecule has 7 nitrogen and oxygen atoms in total. The van der Waals surface area contributed by atoms with Crippen LogP contribution >= 0.6 is 0 Å². The Hall–Kier alpha value is -1.50. The maximum atomic E-state index is 10.1. The van der Waals surface area contributed by atoms with Gasteiger partial charge in [0.2, 0.25) is 0 Å². The van der Waals surface area contributed by atoms with Gasteiger partial charge in [-0.05, 0) is 0 Å². The van der Waals surface area contributed by atoms with Gasteiger partial charge >= 0.3 is 12.3 Å². The number of ether oxygens (including phenoxy) is 2. The summed E-state index contributed by atoms with van der Waals surface area (Å²) in [6.45, 7) is 0. The molecule has 11 heavy (non-hydrogen) atoms. The minimum atomic E-state index is -1.14. The molecule has 64 valence electrons. The third kappa shape index (κ3) is 4.97. The highest BCUT2D eigenvalue weighted by Gasteiger charge is 2.06. The van der Waals surface area contributed by atoms with Gasteiger partial charge in [0.15, 0.2) is 0 Å². The highest BCUT2D eigenvalue weighted by atomic mass is 17.5. The second-order valence-corrected chi connectivity index (χ2v) is 1.14. The van der Waals surface area contributed by atoms with E-state index in [1.54, 1.807) is 0 Å². The molecule has 0 spiro atoms. The van der Waals surface area contributed by atoms with Gasteiger partial charge in [-0.1, -0.05) is 0 Å². The van der Waals surface area contributed by atoms with Crippen LogP contribution in [0.15, 0.2) is 0 Å². The summed E-state index contributed by atoms with van der Waals surface area (Å²) in [7, 11) is 2.12. The summed E-state index contributed by atoms with van der Waals surface area (Å²) in [5.41, 5.74) is 0. The fourth-order valence-corrected chi connectivity index (χ4v) is 0.141. The van der Waals surface area contributed by atoms with Crippen molar-refractivity contribution in [3.63, 3.8) is 0 Å². The van der Waals surface area contributed by atoms with Gasteiger partial charge in [-0.15, -0.1) is 0 Å². The SMILES string of the molecule is COC(=O)OOOC(=O)OC. The number of carbonyl (C=O) groups excluding carboxylic acids is 2. The summed E-state index contributed by atoms with van der Waals surface area (Å²) in [5.74, 6) is 0. The van der Waals surface area contributed by atoms with Crippen molar-refractivity contribution in [3.05, 3.63) is 0 Å². The monoisotopic (exact) mass is 166 g/mol. The summed E-state index contributed by atoms with van der Waals surface area (Å²) in [5, 5.41) is 3.59. The Balaban J connectivity index is 3.27. The lowest BCUT2D eigenvalue weighted by atomic mass is 11.3. The first kappa shape index (κ1) is 9.50. The third-order valence-electron chi connectivity index (χ3n) is 0.537. The molecule has 0 aliphatic carbocycles. The van der Waals surface area contributed by atoms with Crippen molar-refractivity contribution in [2.75, 3.05) is 14.2 Å². The molecule has 0 aliphatic heterocycles. The molecule has 0 aromatic rings. The highest BCUT2D eigenvalue weighted by molar-refractivity contribution is 5.59. The molecule has 0 fully saturated rings. The Kier molecular flexibility index (Phi) is 4.58. The van der Waals surface area contributed by atoms with Gasteiger partial charge < -0.3 is 9.47 Å². The summed E-state index contributed by atoms with van der Waals surface area (Å²) in [4.78, 5) is 27.5. The first-order chi connectivity index (χ1) is 5.20. The zero-order valence-corrected chi connectivity index (χ0v) is 5.86. The largest absolute Gasteiger partial charge is 0.543 e. The Morgan fingerprint density at radius 3 is 1.55 bits per heavy atom. The predicted molar refractivity (Wildman–Crippen MR) is 28.1 cm³/mol. The van der Waals surface area contributed by atoms with Crippen LogP contribution in [0.1, 0.15) is 0 Å². The number of hydrogen-bond acceptors (Lipinski definition) is 7. The Morgan fingerprint density at radius 2 is 1.27 bits per heavy atom. The Bertz CT molecular complexity index is 125. The molecule has 0 saturated carbocycles. The molecular formula is C4H6O7. The van der Waals surface area contributed by atoms with E-state index in [1.165, 1.54) is 0 Å². The average Bonchev–Trinajstić information content (AvgIpc) is 2.04. The van der Waals surface area contributed by atoms with Gasteiger partial charge in [0.05, 0.1) is 19.3 Å². The van der Waals surface area contributed by atoms with Gasteiger partial charge in [-0.3, -0.25) is 0 Å². The molecule has 0 aliphatic rings. The zero-order chi connectivity index (χ0) is 8.69. The van der Waals surface area contributed by atoms with Crippen LogP contribution < -0.4 is 0 Å². The molecule has 0 bridgehead atoms. The molecule has 0 unspecified atom stereocenters. The number of carbonyl (C=O) groups is 2. The van der Waals surface area contributed by atoms with Crippen molar-refractivity contribution in [3.8, 4) is 0 Å². The van der Waals surface area contributed by atoms with E-state index in [-0.39, 0.29) is 0 Å². The Morgan fingerprint density at radius 1 is 0.909 bits per heavy atom. The number of rotatable bonds is 2. The normalized spacial score (nSPS) is 8.18. The third-order valence-corrected chi connectivity index (χ3v) is 0.537. The van der Waals surface area contributed by atoms with Crippen LogP contribution in [0.4, 0.5) is 9.59 Å². The molecule has 0 amide bonds. The van der Waals surface area contributed by atoms with Gasteiger partial charge in [0.1, 0.15) is 0 Å². The fraction of sp³-hybridized carbons (Fsp3) is 0.500. The van der Waals surface area contributed by atoms with Crippen LogP contribution in [0.2, 0.25) is 0 Å². The van der Waals surface area contributed by atoms with Gasteiger partial charge in [0, 0.05) is 0 Å². The standard InChI is InChI=1S/C4H6O7/c1-7-3(5)9-11-10-4(6)8-2/h1-2H3. The van der Waals surface area contributed by atoms with E-state index in [4.69, 9.17) is 0 Å². The lowest BCUT2D eigenvalue weighted by Gasteiger charge is -1.98. The number of methoxy groups -OCH3 is 2. The molecule has 0 atom stereocenters. The van der Waals surface area contributed by atoms with E-state index in [0.29, 0.717) is 0 Å². The molecule has 0 saturated heterocycles. The van der Waals surface area contributed by atoms with Gasteiger partial charge in [-0.25, -0.2) is 19.4 Å². The van der Waals surface area contributed by atoms with Crippen molar-refractivity contribution in [2.45, 2.75) is 0 Å². The van der Waals surface area contributed by atoms with Gasteiger partial charge in [0.25, 0.3) is 0 Å². The summed E-state index contributed by atoms with van der Waals surface area (Å²) < 4.78 is 7.89. The average molecular weight is 166 g/mol. The maximum absolute atomic E-state index is 10.1. The maximum Gasteiger partial charge on any atom is 0.543 e. The van der Waals surface area contributed by atoms with Crippen molar-refractivity contribution < 1.29 is 33.9 Å². The summed E-state index contributed by atoms with van der Waals surface area (Å²) in [6, 6.07) is 0. The van der Waals surface area contributed by atoms with Crippen LogP contribution in [0, 0.1) is 0 Å². The highest BCUT2D eigenvalue weighted by Crippen LogP contribution is 1.88. The molecule has 7 heteroatoms. The van der Waals surface area contributed by atoms with E-state index < -0.39 is 12.3 Å². The lowest BCUT2D eigenvalue weighted by molar-refractivity contribution is -0.457. The predicted octanol–water partition coefficient (Wildman–Crippen LogP) is 0.399. The fourth-order valence-electron chi connectivity index (χ4n) is 0.141. The molecule has 0 rings (SSSR count).